The molecule has 24 heavy (non-hydrogen) atoms. The Morgan fingerprint density at radius 3 is 2.33 bits per heavy atom. The number of hydrogen-bond donors (Lipinski definition) is 0. The lowest BCUT2D eigenvalue weighted by molar-refractivity contribution is -0.274. The van der Waals surface area contributed by atoms with E-state index < -0.39 is 22.1 Å². The van der Waals surface area contributed by atoms with Crippen LogP contribution in [0, 0.1) is 0 Å². The number of hydrogen-bond acceptors (Lipinski definition) is 4. The number of nitrogens with zero attached hydrogens (tertiary/aromatic N) is 1. The third-order valence-corrected chi connectivity index (χ3v) is 5.70. The van der Waals surface area contributed by atoms with Crippen molar-refractivity contribution in [3.05, 3.63) is 46.7 Å². The molecule has 9 heteroatoms. The van der Waals surface area contributed by atoms with E-state index in [2.05, 4.69) is 4.74 Å². The predicted octanol–water partition coefficient (Wildman–Crippen LogP) is 4.25. The molecule has 2 aromatic rings. The van der Waals surface area contributed by atoms with Gasteiger partial charge in [-0.1, -0.05) is 6.92 Å². The minimum Gasteiger partial charge on any atom is -0.406 e. The van der Waals surface area contributed by atoms with Crippen molar-refractivity contribution in [2.75, 3.05) is 6.54 Å². The zero-order valence-corrected chi connectivity index (χ0v) is 14.4. The molecule has 1 aromatic carbocycles. The first-order valence-electron chi connectivity index (χ1n) is 7.09. The lowest BCUT2D eigenvalue weighted by Crippen LogP contribution is -2.31. The third-order valence-electron chi connectivity index (χ3n) is 3.11. The molecular weight excluding hydrogens is 363 g/mol. The van der Waals surface area contributed by atoms with Gasteiger partial charge in [-0.2, -0.15) is 15.6 Å². The smallest absolute Gasteiger partial charge is 0.406 e. The topological polar surface area (TPSA) is 46.6 Å². The van der Waals surface area contributed by atoms with Crippen molar-refractivity contribution in [3.8, 4) is 5.75 Å². The Morgan fingerprint density at radius 1 is 1.17 bits per heavy atom. The summed E-state index contributed by atoms with van der Waals surface area (Å²) >= 11 is 1.47. The Bertz CT molecular complexity index is 741. The Labute approximate surface area is 142 Å². The average Bonchev–Trinajstić information content (AvgIpc) is 2.99. The normalized spacial score (nSPS) is 12.5. The fourth-order valence-electron chi connectivity index (χ4n) is 2.08. The Balaban J connectivity index is 2.22. The van der Waals surface area contributed by atoms with Crippen molar-refractivity contribution in [2.24, 2.45) is 0 Å². The highest BCUT2D eigenvalue weighted by Gasteiger charge is 2.31. The van der Waals surface area contributed by atoms with Gasteiger partial charge in [0.1, 0.15) is 5.75 Å². The van der Waals surface area contributed by atoms with Crippen molar-refractivity contribution >= 4 is 21.4 Å². The molecule has 132 valence electrons. The van der Waals surface area contributed by atoms with Crippen LogP contribution < -0.4 is 4.74 Å². The van der Waals surface area contributed by atoms with E-state index in [9.17, 15) is 21.6 Å². The second-order valence-electron chi connectivity index (χ2n) is 4.99. The summed E-state index contributed by atoms with van der Waals surface area (Å²) in [7, 11) is -3.80. The molecule has 0 bridgehead atoms. The standard InChI is InChI=1S/C15H16F3NO3S2/c1-2-8-19(10-12-7-9-23-11-12)24(20,21)14-5-3-13(4-6-14)22-15(16,17)18/h3-7,9,11H,2,8,10H2,1H3. The van der Waals surface area contributed by atoms with E-state index in [1.54, 1.807) is 0 Å². The van der Waals surface area contributed by atoms with Crippen LogP contribution in [-0.4, -0.2) is 25.6 Å². The van der Waals surface area contributed by atoms with Crippen molar-refractivity contribution in [3.63, 3.8) is 0 Å². The number of alkyl halides is 3. The highest BCUT2D eigenvalue weighted by Crippen LogP contribution is 2.26. The van der Waals surface area contributed by atoms with Crippen LogP contribution in [0.1, 0.15) is 18.9 Å². The molecule has 0 aliphatic rings. The van der Waals surface area contributed by atoms with E-state index in [1.165, 1.54) is 15.6 Å². The molecule has 0 spiro atoms. The van der Waals surface area contributed by atoms with Gasteiger partial charge in [-0.15, -0.1) is 13.2 Å². The van der Waals surface area contributed by atoms with Crippen LogP contribution >= 0.6 is 11.3 Å². The zero-order chi connectivity index (χ0) is 17.8. The highest BCUT2D eigenvalue weighted by molar-refractivity contribution is 7.89. The number of halogens is 3. The largest absolute Gasteiger partial charge is 0.573 e. The molecule has 0 fully saturated rings. The SMILES string of the molecule is CCCN(Cc1ccsc1)S(=O)(=O)c1ccc(OC(F)(F)F)cc1. The monoisotopic (exact) mass is 379 g/mol. The quantitative estimate of drug-likeness (QED) is 0.723. The second kappa shape index (κ2) is 7.54. The van der Waals surface area contributed by atoms with Crippen LogP contribution in [-0.2, 0) is 16.6 Å². The first-order chi connectivity index (χ1) is 11.2. The van der Waals surface area contributed by atoms with Gasteiger partial charge in [0.2, 0.25) is 10.0 Å². The van der Waals surface area contributed by atoms with E-state index in [0.29, 0.717) is 13.0 Å². The second-order valence-corrected chi connectivity index (χ2v) is 7.71. The maximum absolute atomic E-state index is 12.7. The van der Waals surface area contributed by atoms with E-state index in [4.69, 9.17) is 0 Å². The molecule has 4 nitrogen and oxygen atoms in total. The first kappa shape index (κ1) is 18.8. The van der Waals surface area contributed by atoms with Gasteiger partial charge in [-0.3, -0.25) is 0 Å². The van der Waals surface area contributed by atoms with Crippen molar-refractivity contribution < 1.29 is 26.3 Å². The minimum absolute atomic E-state index is 0.0688. The van der Waals surface area contributed by atoms with Crippen LogP contribution in [0.2, 0.25) is 0 Å². The van der Waals surface area contributed by atoms with Crippen LogP contribution in [0.4, 0.5) is 13.2 Å². The fourth-order valence-corrected chi connectivity index (χ4v) is 4.26. The average molecular weight is 379 g/mol. The molecule has 0 radical (unpaired) electrons. The van der Waals surface area contributed by atoms with Gasteiger partial charge in [0.05, 0.1) is 4.90 Å². The summed E-state index contributed by atoms with van der Waals surface area (Å²) in [5.74, 6) is -0.457. The summed E-state index contributed by atoms with van der Waals surface area (Å²) < 4.78 is 67.0. The molecule has 1 aromatic heterocycles. The number of rotatable bonds is 7. The molecule has 0 saturated carbocycles. The fraction of sp³-hybridized carbons (Fsp3) is 0.333. The van der Waals surface area contributed by atoms with Crippen LogP contribution in [0.3, 0.4) is 0 Å². The molecule has 0 atom stereocenters. The maximum Gasteiger partial charge on any atom is 0.573 e. The first-order valence-corrected chi connectivity index (χ1v) is 9.47. The minimum atomic E-state index is -4.81. The maximum atomic E-state index is 12.7. The summed E-state index contributed by atoms with van der Waals surface area (Å²) in [5.41, 5.74) is 0.869. The van der Waals surface area contributed by atoms with E-state index in [1.807, 2.05) is 23.8 Å². The van der Waals surface area contributed by atoms with Crippen molar-refractivity contribution in [1.29, 1.82) is 0 Å². The Kier molecular flexibility index (Phi) is 5.89. The van der Waals surface area contributed by atoms with E-state index in [0.717, 1.165) is 29.8 Å². The van der Waals surface area contributed by atoms with Gasteiger partial charge in [0, 0.05) is 13.1 Å². The third kappa shape index (κ3) is 4.96. The molecule has 2 rings (SSSR count). The van der Waals surface area contributed by atoms with Crippen LogP contribution in [0.5, 0.6) is 5.75 Å². The highest BCUT2D eigenvalue weighted by atomic mass is 32.2. The molecule has 0 N–H and O–H groups in total. The summed E-state index contributed by atoms with van der Waals surface area (Å²) in [6.07, 6.45) is -4.19. The number of ether oxygens (including phenoxy) is 1. The Hall–Kier alpha value is -1.58. The van der Waals surface area contributed by atoms with Crippen LogP contribution in [0.15, 0.2) is 46.0 Å². The van der Waals surface area contributed by atoms with Gasteiger partial charge in [0.15, 0.2) is 0 Å². The van der Waals surface area contributed by atoms with Gasteiger partial charge < -0.3 is 4.74 Å². The summed E-state index contributed by atoms with van der Waals surface area (Å²) in [6, 6.07) is 6.06. The zero-order valence-electron chi connectivity index (χ0n) is 12.8. The molecule has 0 aliphatic carbocycles. The molecule has 1 heterocycles. The molecule has 0 aliphatic heterocycles. The van der Waals surface area contributed by atoms with Gasteiger partial charge in [-0.05, 0) is 53.1 Å². The summed E-state index contributed by atoms with van der Waals surface area (Å²) in [6.45, 7) is 2.40. The van der Waals surface area contributed by atoms with Gasteiger partial charge >= 0.3 is 6.36 Å². The molecular formula is C15H16F3NO3S2. The number of sulfonamides is 1. The lowest BCUT2D eigenvalue weighted by Gasteiger charge is -2.21. The molecule has 0 amide bonds. The molecule has 0 unspecified atom stereocenters. The predicted molar refractivity (Wildman–Crippen MR) is 85.3 cm³/mol. The lowest BCUT2D eigenvalue weighted by atomic mass is 10.3. The van der Waals surface area contributed by atoms with Crippen molar-refractivity contribution in [1.82, 2.24) is 4.31 Å². The van der Waals surface area contributed by atoms with Crippen LogP contribution in [0.25, 0.3) is 0 Å². The number of benzene rings is 1. The van der Waals surface area contributed by atoms with Gasteiger partial charge in [-0.25, -0.2) is 8.42 Å². The van der Waals surface area contributed by atoms with Gasteiger partial charge in [0.25, 0.3) is 0 Å². The van der Waals surface area contributed by atoms with E-state index >= 15 is 0 Å². The van der Waals surface area contributed by atoms with E-state index in [-0.39, 0.29) is 11.4 Å². The summed E-state index contributed by atoms with van der Waals surface area (Å²) in [4.78, 5) is -0.0688. The Morgan fingerprint density at radius 2 is 1.83 bits per heavy atom. The molecule has 0 saturated heterocycles. The summed E-state index contributed by atoms with van der Waals surface area (Å²) in [5, 5.41) is 3.72. The van der Waals surface area contributed by atoms with Crippen molar-refractivity contribution in [2.45, 2.75) is 31.1 Å². The number of thiophene rings is 1.